The molecule has 25 heavy (non-hydrogen) atoms. The standard InChI is InChI=1S/C19H13BrN2O2S/c20-14-9-5-10-15(12-14)22-18(24)16(17(23)21-19(22)25)11-4-8-13-6-2-1-3-7-13/h1-12H,(H,21,23,25)/b8-4+,16-11+. The van der Waals surface area contributed by atoms with Crippen LogP contribution >= 0.6 is 28.1 Å². The van der Waals surface area contributed by atoms with Gasteiger partial charge in [0.05, 0.1) is 5.69 Å². The van der Waals surface area contributed by atoms with E-state index in [1.807, 2.05) is 42.5 Å². The number of carbonyl (C=O) groups is 2. The van der Waals surface area contributed by atoms with Crippen molar-refractivity contribution in [2.75, 3.05) is 4.90 Å². The van der Waals surface area contributed by atoms with Crippen molar-refractivity contribution >= 4 is 56.8 Å². The zero-order valence-corrected chi connectivity index (χ0v) is 15.4. The molecular weight excluding hydrogens is 400 g/mol. The highest BCUT2D eigenvalue weighted by Crippen LogP contribution is 2.24. The number of hydrogen-bond donors (Lipinski definition) is 1. The van der Waals surface area contributed by atoms with Crippen LogP contribution in [0.15, 0.2) is 76.8 Å². The summed E-state index contributed by atoms with van der Waals surface area (Å²) in [7, 11) is 0. The number of halogens is 1. The first-order valence-corrected chi connectivity index (χ1v) is 8.65. The molecule has 4 nitrogen and oxygen atoms in total. The third-order valence-corrected chi connectivity index (χ3v) is 4.30. The van der Waals surface area contributed by atoms with Crippen LogP contribution in [0.1, 0.15) is 5.56 Å². The average Bonchev–Trinajstić information content (AvgIpc) is 2.58. The minimum Gasteiger partial charge on any atom is -0.298 e. The van der Waals surface area contributed by atoms with Crippen molar-refractivity contribution in [3.05, 3.63) is 82.4 Å². The number of hydrogen-bond acceptors (Lipinski definition) is 3. The zero-order chi connectivity index (χ0) is 17.8. The second-order valence-corrected chi connectivity index (χ2v) is 6.53. The number of nitrogens with one attached hydrogen (secondary N) is 1. The molecule has 6 heteroatoms. The van der Waals surface area contributed by atoms with E-state index in [0.717, 1.165) is 10.0 Å². The van der Waals surface area contributed by atoms with Crippen LogP contribution in [0.3, 0.4) is 0 Å². The molecular formula is C19H13BrN2O2S. The first-order valence-electron chi connectivity index (χ1n) is 7.45. The van der Waals surface area contributed by atoms with Crippen LogP contribution in [0.25, 0.3) is 6.08 Å². The van der Waals surface area contributed by atoms with Gasteiger partial charge in [-0.2, -0.15) is 0 Å². The predicted molar refractivity (Wildman–Crippen MR) is 106 cm³/mol. The van der Waals surface area contributed by atoms with Gasteiger partial charge < -0.3 is 0 Å². The van der Waals surface area contributed by atoms with Gasteiger partial charge in [0.15, 0.2) is 5.11 Å². The quantitative estimate of drug-likeness (QED) is 0.473. The lowest BCUT2D eigenvalue weighted by Gasteiger charge is -2.28. The third-order valence-electron chi connectivity index (χ3n) is 3.52. The fraction of sp³-hybridized carbons (Fsp3) is 0. The summed E-state index contributed by atoms with van der Waals surface area (Å²) in [5.41, 5.74) is 1.59. The van der Waals surface area contributed by atoms with E-state index in [9.17, 15) is 9.59 Å². The van der Waals surface area contributed by atoms with Gasteiger partial charge in [-0.15, -0.1) is 0 Å². The van der Waals surface area contributed by atoms with Crippen molar-refractivity contribution in [1.82, 2.24) is 5.32 Å². The molecule has 0 aromatic heterocycles. The van der Waals surface area contributed by atoms with Crippen LogP contribution in [-0.2, 0) is 9.59 Å². The highest BCUT2D eigenvalue weighted by atomic mass is 79.9. The minimum absolute atomic E-state index is 0.0285. The summed E-state index contributed by atoms with van der Waals surface area (Å²) in [5.74, 6) is -0.955. The molecule has 0 radical (unpaired) electrons. The van der Waals surface area contributed by atoms with Crippen LogP contribution in [0.2, 0.25) is 0 Å². The number of rotatable bonds is 3. The fourth-order valence-electron chi connectivity index (χ4n) is 2.35. The Kier molecular flexibility index (Phi) is 5.21. The number of benzene rings is 2. The largest absolute Gasteiger partial charge is 0.298 e. The topological polar surface area (TPSA) is 49.4 Å². The Bertz CT molecular complexity index is 907. The molecule has 0 saturated carbocycles. The third kappa shape index (κ3) is 3.92. The second kappa shape index (κ2) is 7.55. The lowest BCUT2D eigenvalue weighted by atomic mass is 10.1. The highest BCUT2D eigenvalue weighted by Gasteiger charge is 2.34. The normalized spacial score (nSPS) is 16.6. The van der Waals surface area contributed by atoms with Crippen LogP contribution in [-0.4, -0.2) is 16.9 Å². The molecule has 2 amide bonds. The molecule has 0 aliphatic carbocycles. The molecule has 0 unspecified atom stereocenters. The van der Waals surface area contributed by atoms with Crippen molar-refractivity contribution in [3.63, 3.8) is 0 Å². The van der Waals surface area contributed by atoms with Crippen molar-refractivity contribution in [2.45, 2.75) is 0 Å². The Labute approximate surface area is 159 Å². The maximum atomic E-state index is 12.8. The van der Waals surface area contributed by atoms with Crippen LogP contribution < -0.4 is 10.2 Å². The van der Waals surface area contributed by atoms with Crippen molar-refractivity contribution in [2.24, 2.45) is 0 Å². The van der Waals surface area contributed by atoms with E-state index in [1.165, 1.54) is 11.0 Å². The molecule has 1 aliphatic rings. The molecule has 2 aromatic carbocycles. The molecule has 1 fully saturated rings. The minimum atomic E-state index is -0.501. The number of carbonyl (C=O) groups excluding carboxylic acids is 2. The molecule has 2 aromatic rings. The van der Waals surface area contributed by atoms with E-state index in [1.54, 1.807) is 24.3 Å². The summed E-state index contributed by atoms with van der Waals surface area (Å²) < 4.78 is 0.812. The summed E-state index contributed by atoms with van der Waals surface area (Å²) in [6, 6.07) is 16.8. The van der Waals surface area contributed by atoms with Crippen LogP contribution in [0.4, 0.5) is 5.69 Å². The molecule has 1 saturated heterocycles. The van der Waals surface area contributed by atoms with Crippen molar-refractivity contribution in [3.8, 4) is 0 Å². The molecule has 0 bridgehead atoms. The monoisotopic (exact) mass is 412 g/mol. The van der Waals surface area contributed by atoms with Crippen molar-refractivity contribution in [1.29, 1.82) is 0 Å². The summed E-state index contributed by atoms with van der Waals surface area (Å²) >= 11 is 8.53. The molecule has 0 spiro atoms. The molecule has 0 atom stereocenters. The van der Waals surface area contributed by atoms with E-state index < -0.39 is 11.8 Å². The van der Waals surface area contributed by atoms with Gasteiger partial charge >= 0.3 is 0 Å². The molecule has 3 rings (SSSR count). The average molecular weight is 413 g/mol. The number of allylic oxidation sites excluding steroid dienone is 2. The maximum absolute atomic E-state index is 12.8. The Morgan fingerprint density at radius 2 is 1.80 bits per heavy atom. The Morgan fingerprint density at radius 1 is 1.04 bits per heavy atom. The number of thiocarbonyl (C=S) groups is 1. The van der Waals surface area contributed by atoms with Gasteiger partial charge in [0, 0.05) is 4.47 Å². The van der Waals surface area contributed by atoms with Gasteiger partial charge in [-0.05, 0) is 42.1 Å². The summed E-state index contributed by atoms with van der Waals surface area (Å²) in [6.07, 6.45) is 5.00. The first kappa shape index (κ1) is 17.3. The molecule has 124 valence electrons. The van der Waals surface area contributed by atoms with E-state index in [0.29, 0.717) is 5.69 Å². The van der Waals surface area contributed by atoms with Crippen molar-refractivity contribution < 1.29 is 9.59 Å². The lowest BCUT2D eigenvalue weighted by Crippen LogP contribution is -2.54. The molecule has 1 aliphatic heterocycles. The Morgan fingerprint density at radius 3 is 2.52 bits per heavy atom. The van der Waals surface area contributed by atoms with Crippen LogP contribution in [0, 0.1) is 0 Å². The number of anilines is 1. The van der Waals surface area contributed by atoms with Gasteiger partial charge in [-0.25, -0.2) is 0 Å². The zero-order valence-electron chi connectivity index (χ0n) is 13.0. The van der Waals surface area contributed by atoms with E-state index >= 15 is 0 Å². The van der Waals surface area contributed by atoms with Crippen LogP contribution in [0.5, 0.6) is 0 Å². The fourth-order valence-corrected chi connectivity index (χ4v) is 3.01. The Hall–Kier alpha value is -2.57. The lowest BCUT2D eigenvalue weighted by molar-refractivity contribution is -0.122. The van der Waals surface area contributed by atoms with Gasteiger partial charge in [-0.1, -0.05) is 64.5 Å². The first-order chi connectivity index (χ1) is 12.1. The second-order valence-electron chi connectivity index (χ2n) is 5.23. The van der Waals surface area contributed by atoms with Gasteiger partial charge in [0.2, 0.25) is 0 Å². The summed E-state index contributed by atoms with van der Waals surface area (Å²) in [5, 5.41) is 2.62. The number of amides is 2. The number of nitrogens with zero attached hydrogens (tertiary/aromatic N) is 1. The predicted octanol–water partition coefficient (Wildman–Crippen LogP) is 3.84. The molecule has 1 heterocycles. The van der Waals surface area contributed by atoms with E-state index in [4.69, 9.17) is 12.2 Å². The SMILES string of the molecule is O=C1NC(=S)N(c2cccc(Br)c2)C(=O)/C1=C/C=C/c1ccccc1. The molecule has 1 N–H and O–H groups in total. The summed E-state index contributed by atoms with van der Waals surface area (Å²) in [4.78, 5) is 26.2. The highest BCUT2D eigenvalue weighted by molar-refractivity contribution is 9.10. The maximum Gasteiger partial charge on any atom is 0.270 e. The van der Waals surface area contributed by atoms with Gasteiger partial charge in [-0.3, -0.25) is 19.8 Å². The van der Waals surface area contributed by atoms with Gasteiger partial charge in [0.25, 0.3) is 11.8 Å². The van der Waals surface area contributed by atoms with E-state index in [2.05, 4.69) is 21.2 Å². The van der Waals surface area contributed by atoms with Gasteiger partial charge in [0.1, 0.15) is 5.57 Å². The smallest absolute Gasteiger partial charge is 0.270 e. The van der Waals surface area contributed by atoms with E-state index in [-0.39, 0.29) is 10.7 Å². The summed E-state index contributed by atoms with van der Waals surface area (Å²) in [6.45, 7) is 0. The Balaban J connectivity index is 1.90.